The van der Waals surface area contributed by atoms with Gasteiger partial charge in [0.2, 0.25) is 0 Å². The molecule has 1 nitrogen and oxygen atoms in total. The molecule has 0 unspecified atom stereocenters. The third kappa shape index (κ3) is 4.76. The molecule has 0 bridgehead atoms. The Bertz CT molecular complexity index is 2180. The van der Waals surface area contributed by atoms with Crippen LogP contribution in [0.25, 0.3) is 53.6 Å². The lowest BCUT2D eigenvalue weighted by atomic mass is 9.98. The van der Waals surface area contributed by atoms with Gasteiger partial charge in [0.25, 0.3) is 0 Å². The predicted molar refractivity (Wildman–Crippen MR) is 190 cm³/mol. The van der Waals surface area contributed by atoms with Crippen LogP contribution in [0.5, 0.6) is 0 Å². The maximum Gasteiger partial charge on any atom is 0.0554 e. The number of para-hydroxylation sites is 1. The van der Waals surface area contributed by atoms with Crippen molar-refractivity contribution in [3.8, 4) is 33.4 Å². The highest BCUT2D eigenvalue weighted by molar-refractivity contribution is 7.26. The molecule has 8 rings (SSSR count). The number of rotatable bonds is 6. The van der Waals surface area contributed by atoms with E-state index in [1.54, 1.807) is 0 Å². The molecule has 0 radical (unpaired) electrons. The van der Waals surface area contributed by atoms with Crippen LogP contribution in [0, 0.1) is 0 Å². The van der Waals surface area contributed by atoms with Crippen LogP contribution >= 0.6 is 11.3 Å². The summed E-state index contributed by atoms with van der Waals surface area (Å²) in [6.07, 6.45) is 0. The summed E-state index contributed by atoms with van der Waals surface area (Å²) in [7, 11) is 0. The van der Waals surface area contributed by atoms with Gasteiger partial charge in [-0.2, -0.15) is 0 Å². The molecule has 7 aromatic carbocycles. The van der Waals surface area contributed by atoms with Crippen LogP contribution in [-0.4, -0.2) is 0 Å². The molecule has 0 aliphatic heterocycles. The van der Waals surface area contributed by atoms with Crippen LogP contribution in [0.3, 0.4) is 0 Å². The van der Waals surface area contributed by atoms with E-state index in [0.29, 0.717) is 0 Å². The Balaban J connectivity index is 1.26. The molecule has 8 aromatic rings. The lowest BCUT2D eigenvalue weighted by Crippen LogP contribution is -2.11. The van der Waals surface area contributed by atoms with Crippen molar-refractivity contribution in [2.75, 3.05) is 4.90 Å². The smallest absolute Gasteiger partial charge is 0.0554 e. The number of fused-ring (bicyclic) bond motifs is 3. The minimum Gasteiger partial charge on any atom is -0.310 e. The van der Waals surface area contributed by atoms with Gasteiger partial charge in [-0.1, -0.05) is 140 Å². The van der Waals surface area contributed by atoms with E-state index < -0.39 is 0 Å². The summed E-state index contributed by atoms with van der Waals surface area (Å²) >= 11 is 1.88. The highest BCUT2D eigenvalue weighted by Gasteiger charge is 2.21. The molecule has 208 valence electrons. The first-order chi connectivity index (χ1) is 21.8. The summed E-state index contributed by atoms with van der Waals surface area (Å²) in [6, 6.07) is 63.2. The van der Waals surface area contributed by atoms with Crippen LogP contribution < -0.4 is 4.90 Å². The normalized spacial score (nSPS) is 11.2. The van der Waals surface area contributed by atoms with Gasteiger partial charge in [0, 0.05) is 37.1 Å². The lowest BCUT2D eigenvalue weighted by molar-refractivity contribution is 1.29. The number of nitrogens with zero attached hydrogens (tertiary/aromatic N) is 1. The standard InChI is InChI=1S/C42H29NS/c1-4-12-30(13-5-1)31-20-22-32(23-21-31)33-24-26-36(27-25-33)43(35-16-8-3-9-17-35)39-29-28-38-37-18-10-11-19-40(37)44-42(38)41(39)34-14-6-2-7-15-34/h1-29H. The van der Waals surface area contributed by atoms with E-state index in [-0.39, 0.29) is 0 Å². The maximum atomic E-state index is 2.40. The average Bonchev–Trinajstić information content (AvgIpc) is 3.49. The second-order valence-electron chi connectivity index (χ2n) is 11.0. The number of anilines is 3. The van der Waals surface area contributed by atoms with Crippen molar-refractivity contribution in [2.24, 2.45) is 0 Å². The van der Waals surface area contributed by atoms with Crippen LogP contribution in [0.15, 0.2) is 176 Å². The summed E-state index contributed by atoms with van der Waals surface area (Å²) in [5, 5.41) is 2.61. The molecular weight excluding hydrogens is 551 g/mol. The van der Waals surface area contributed by atoms with E-state index in [4.69, 9.17) is 0 Å². The van der Waals surface area contributed by atoms with Gasteiger partial charge in [-0.3, -0.25) is 0 Å². The van der Waals surface area contributed by atoms with Crippen LogP contribution in [0.4, 0.5) is 17.1 Å². The molecule has 44 heavy (non-hydrogen) atoms. The SMILES string of the molecule is c1ccc(-c2ccc(-c3ccc(N(c4ccccc4)c4ccc5c(sc6ccccc65)c4-c4ccccc4)cc3)cc2)cc1. The summed E-state index contributed by atoms with van der Waals surface area (Å²) in [6.45, 7) is 0. The van der Waals surface area contributed by atoms with Crippen molar-refractivity contribution in [1.29, 1.82) is 0 Å². The minimum absolute atomic E-state index is 1.12. The summed E-state index contributed by atoms with van der Waals surface area (Å²) in [5.41, 5.74) is 10.8. The van der Waals surface area contributed by atoms with Crippen LogP contribution in [0.1, 0.15) is 0 Å². The first kappa shape index (κ1) is 26.2. The Hall–Kier alpha value is -5.44. The third-order valence-corrected chi connectivity index (χ3v) is 9.50. The van der Waals surface area contributed by atoms with Crippen molar-refractivity contribution >= 4 is 48.6 Å². The van der Waals surface area contributed by atoms with Crippen molar-refractivity contribution < 1.29 is 0 Å². The number of benzene rings is 7. The van der Waals surface area contributed by atoms with Crippen molar-refractivity contribution in [2.45, 2.75) is 0 Å². The first-order valence-electron chi connectivity index (χ1n) is 14.9. The molecule has 0 atom stereocenters. The third-order valence-electron chi connectivity index (χ3n) is 8.29. The molecule has 0 saturated carbocycles. The lowest BCUT2D eigenvalue weighted by Gasteiger charge is -2.28. The number of thiophene rings is 1. The van der Waals surface area contributed by atoms with Crippen molar-refractivity contribution in [3.05, 3.63) is 176 Å². The fraction of sp³-hybridized carbons (Fsp3) is 0. The van der Waals surface area contributed by atoms with E-state index in [9.17, 15) is 0 Å². The zero-order chi connectivity index (χ0) is 29.3. The van der Waals surface area contributed by atoms with Gasteiger partial charge >= 0.3 is 0 Å². The van der Waals surface area contributed by atoms with Gasteiger partial charge in [0.15, 0.2) is 0 Å². The highest BCUT2D eigenvalue weighted by atomic mass is 32.1. The van der Waals surface area contributed by atoms with Gasteiger partial charge in [0.1, 0.15) is 0 Å². The molecule has 0 amide bonds. The topological polar surface area (TPSA) is 3.24 Å². The Kier molecular flexibility index (Phi) is 6.75. The van der Waals surface area contributed by atoms with Crippen molar-refractivity contribution in [3.63, 3.8) is 0 Å². The minimum atomic E-state index is 1.12. The highest BCUT2D eigenvalue weighted by Crippen LogP contribution is 2.48. The zero-order valence-electron chi connectivity index (χ0n) is 24.1. The number of hydrogen-bond acceptors (Lipinski definition) is 2. The fourth-order valence-corrected chi connectivity index (χ4v) is 7.41. The van der Waals surface area contributed by atoms with Crippen LogP contribution in [-0.2, 0) is 0 Å². The molecule has 1 aromatic heterocycles. The molecule has 0 saturated heterocycles. The van der Waals surface area contributed by atoms with Crippen LogP contribution in [0.2, 0.25) is 0 Å². The fourth-order valence-electron chi connectivity index (χ4n) is 6.14. The van der Waals surface area contributed by atoms with Gasteiger partial charge in [-0.25, -0.2) is 0 Å². The predicted octanol–water partition coefficient (Wildman–Crippen LogP) is 12.5. The summed E-state index contributed by atoms with van der Waals surface area (Å²) in [4.78, 5) is 2.40. The Morgan fingerprint density at radius 3 is 1.45 bits per heavy atom. The van der Waals surface area contributed by atoms with E-state index in [0.717, 1.165) is 11.4 Å². The van der Waals surface area contributed by atoms with E-state index in [2.05, 4.69) is 181 Å². The van der Waals surface area contributed by atoms with Crippen molar-refractivity contribution in [1.82, 2.24) is 0 Å². The molecule has 0 aliphatic rings. The molecular formula is C42H29NS. The zero-order valence-corrected chi connectivity index (χ0v) is 24.9. The first-order valence-corrected chi connectivity index (χ1v) is 15.8. The second-order valence-corrected chi connectivity index (χ2v) is 12.0. The summed E-state index contributed by atoms with van der Waals surface area (Å²) < 4.78 is 2.62. The Morgan fingerprint density at radius 2 is 0.818 bits per heavy atom. The number of hydrogen-bond donors (Lipinski definition) is 0. The van der Waals surface area contributed by atoms with Gasteiger partial charge < -0.3 is 4.90 Å². The largest absolute Gasteiger partial charge is 0.310 e. The summed E-state index contributed by atoms with van der Waals surface area (Å²) in [5.74, 6) is 0. The van der Waals surface area contributed by atoms with E-state index in [1.165, 1.54) is 59.2 Å². The van der Waals surface area contributed by atoms with Gasteiger partial charge in [0.05, 0.1) is 5.69 Å². The molecule has 1 heterocycles. The molecule has 0 aliphatic carbocycles. The molecule has 2 heteroatoms. The monoisotopic (exact) mass is 579 g/mol. The van der Waals surface area contributed by atoms with Gasteiger partial charge in [-0.15, -0.1) is 11.3 Å². The van der Waals surface area contributed by atoms with E-state index >= 15 is 0 Å². The Morgan fingerprint density at radius 1 is 0.341 bits per heavy atom. The maximum absolute atomic E-state index is 2.40. The average molecular weight is 580 g/mol. The quantitative estimate of drug-likeness (QED) is 0.189. The molecule has 0 fully saturated rings. The molecule has 0 N–H and O–H groups in total. The second kappa shape index (κ2) is 11.3. The Labute approximate surface area is 261 Å². The molecule has 0 spiro atoms. The van der Waals surface area contributed by atoms with Gasteiger partial charge in [-0.05, 0) is 64.2 Å². The van der Waals surface area contributed by atoms with E-state index in [1.807, 2.05) is 11.3 Å².